The Morgan fingerprint density at radius 2 is 2.11 bits per heavy atom. The van der Waals surface area contributed by atoms with E-state index < -0.39 is 0 Å². The predicted octanol–water partition coefficient (Wildman–Crippen LogP) is 4.58. The molecule has 0 radical (unpaired) electrons. The SMILES string of the molecule is CCCNC(Cc1cc(F)ccc1Cl)C1CCCC1. The van der Waals surface area contributed by atoms with Crippen LogP contribution in [0.25, 0.3) is 0 Å². The normalized spacial score (nSPS) is 17.8. The highest BCUT2D eigenvalue weighted by Gasteiger charge is 2.25. The summed E-state index contributed by atoms with van der Waals surface area (Å²) in [7, 11) is 0. The van der Waals surface area contributed by atoms with Crippen molar-refractivity contribution in [1.29, 1.82) is 0 Å². The third kappa shape index (κ3) is 4.19. The molecule has 1 fully saturated rings. The van der Waals surface area contributed by atoms with E-state index in [9.17, 15) is 4.39 Å². The summed E-state index contributed by atoms with van der Waals surface area (Å²) in [6, 6.07) is 5.10. The van der Waals surface area contributed by atoms with Gasteiger partial charge in [0.15, 0.2) is 0 Å². The van der Waals surface area contributed by atoms with Crippen molar-refractivity contribution in [2.75, 3.05) is 6.54 Å². The molecule has 1 aliphatic rings. The number of nitrogens with one attached hydrogen (secondary N) is 1. The van der Waals surface area contributed by atoms with E-state index >= 15 is 0 Å². The molecule has 0 aliphatic heterocycles. The van der Waals surface area contributed by atoms with Crippen LogP contribution in [0.2, 0.25) is 5.02 Å². The van der Waals surface area contributed by atoms with Gasteiger partial charge in [-0.1, -0.05) is 31.4 Å². The van der Waals surface area contributed by atoms with E-state index in [2.05, 4.69) is 12.2 Å². The van der Waals surface area contributed by atoms with Gasteiger partial charge < -0.3 is 5.32 Å². The fraction of sp³-hybridized carbons (Fsp3) is 0.625. The number of hydrogen-bond donors (Lipinski definition) is 1. The Balaban J connectivity index is 2.07. The van der Waals surface area contributed by atoms with Crippen molar-refractivity contribution in [1.82, 2.24) is 5.32 Å². The van der Waals surface area contributed by atoms with Crippen molar-refractivity contribution < 1.29 is 4.39 Å². The van der Waals surface area contributed by atoms with E-state index in [1.54, 1.807) is 12.1 Å². The van der Waals surface area contributed by atoms with Gasteiger partial charge in [-0.25, -0.2) is 4.39 Å². The molecule has 1 saturated carbocycles. The summed E-state index contributed by atoms with van der Waals surface area (Å²) in [6.45, 7) is 3.20. The fourth-order valence-corrected chi connectivity index (χ4v) is 3.23. The van der Waals surface area contributed by atoms with E-state index in [-0.39, 0.29) is 5.82 Å². The van der Waals surface area contributed by atoms with Gasteiger partial charge in [0.05, 0.1) is 0 Å². The predicted molar refractivity (Wildman–Crippen MR) is 79.2 cm³/mol. The summed E-state index contributed by atoms with van der Waals surface area (Å²) in [5.41, 5.74) is 0.933. The second kappa shape index (κ2) is 7.25. The molecule has 0 amide bonds. The number of rotatable bonds is 6. The minimum absolute atomic E-state index is 0.194. The summed E-state index contributed by atoms with van der Waals surface area (Å²) in [6.07, 6.45) is 7.18. The molecule has 1 aliphatic carbocycles. The van der Waals surface area contributed by atoms with Crippen LogP contribution in [0.1, 0.15) is 44.6 Å². The van der Waals surface area contributed by atoms with Crippen LogP contribution < -0.4 is 5.32 Å². The Kier molecular flexibility index (Phi) is 5.65. The van der Waals surface area contributed by atoms with E-state index in [0.29, 0.717) is 17.0 Å². The van der Waals surface area contributed by atoms with Crippen molar-refractivity contribution >= 4 is 11.6 Å². The van der Waals surface area contributed by atoms with Gasteiger partial charge in [-0.2, -0.15) is 0 Å². The van der Waals surface area contributed by atoms with Gasteiger partial charge in [-0.05, 0) is 61.9 Å². The molecule has 1 N–H and O–H groups in total. The minimum atomic E-state index is -0.194. The maximum Gasteiger partial charge on any atom is 0.123 e. The summed E-state index contributed by atoms with van der Waals surface area (Å²) in [4.78, 5) is 0. The molecule has 1 atom stereocenters. The van der Waals surface area contributed by atoms with Crippen molar-refractivity contribution in [2.24, 2.45) is 5.92 Å². The van der Waals surface area contributed by atoms with E-state index in [1.165, 1.54) is 31.7 Å². The highest BCUT2D eigenvalue weighted by molar-refractivity contribution is 6.31. The molecule has 106 valence electrons. The molecular formula is C16H23ClFN. The molecule has 2 rings (SSSR count). The molecule has 0 heterocycles. The number of benzene rings is 1. The molecular weight excluding hydrogens is 261 g/mol. The van der Waals surface area contributed by atoms with Crippen LogP contribution in [0, 0.1) is 11.7 Å². The molecule has 0 aromatic heterocycles. The van der Waals surface area contributed by atoms with Crippen molar-refractivity contribution in [3.8, 4) is 0 Å². The highest BCUT2D eigenvalue weighted by atomic mass is 35.5. The molecule has 3 heteroatoms. The second-order valence-electron chi connectivity index (χ2n) is 5.55. The molecule has 1 aromatic rings. The van der Waals surface area contributed by atoms with Crippen molar-refractivity contribution in [3.05, 3.63) is 34.6 Å². The second-order valence-corrected chi connectivity index (χ2v) is 5.95. The summed E-state index contributed by atoms with van der Waals surface area (Å²) < 4.78 is 13.3. The fourth-order valence-electron chi connectivity index (χ4n) is 3.03. The molecule has 19 heavy (non-hydrogen) atoms. The van der Waals surface area contributed by atoms with Gasteiger partial charge in [0.25, 0.3) is 0 Å². The van der Waals surface area contributed by atoms with Gasteiger partial charge in [0, 0.05) is 11.1 Å². The Hall–Kier alpha value is -0.600. The highest BCUT2D eigenvalue weighted by Crippen LogP contribution is 2.30. The standard InChI is InChI=1S/C16H23ClFN/c1-2-9-19-16(12-5-3-4-6-12)11-13-10-14(18)7-8-15(13)17/h7-8,10,12,16,19H,2-6,9,11H2,1H3. The largest absolute Gasteiger partial charge is 0.313 e. The van der Waals surface area contributed by atoms with Crippen LogP contribution in [0.4, 0.5) is 4.39 Å². The minimum Gasteiger partial charge on any atom is -0.313 e. The first-order valence-electron chi connectivity index (χ1n) is 7.38. The van der Waals surface area contributed by atoms with Gasteiger partial charge in [0.1, 0.15) is 5.82 Å². The van der Waals surface area contributed by atoms with Crippen LogP contribution in [0.15, 0.2) is 18.2 Å². The average molecular weight is 284 g/mol. The molecule has 1 nitrogen and oxygen atoms in total. The smallest absolute Gasteiger partial charge is 0.123 e. The number of hydrogen-bond acceptors (Lipinski definition) is 1. The maximum absolute atomic E-state index is 13.3. The lowest BCUT2D eigenvalue weighted by molar-refractivity contribution is 0.356. The summed E-state index contributed by atoms with van der Waals surface area (Å²) in [5.74, 6) is 0.519. The lowest BCUT2D eigenvalue weighted by Gasteiger charge is -2.25. The quantitative estimate of drug-likeness (QED) is 0.806. The monoisotopic (exact) mass is 283 g/mol. The molecule has 0 saturated heterocycles. The summed E-state index contributed by atoms with van der Waals surface area (Å²) in [5, 5.41) is 4.31. The topological polar surface area (TPSA) is 12.0 Å². The van der Waals surface area contributed by atoms with Gasteiger partial charge >= 0.3 is 0 Å². The Bertz CT molecular complexity index is 402. The third-order valence-corrected chi connectivity index (χ3v) is 4.44. The third-order valence-electron chi connectivity index (χ3n) is 4.07. The Morgan fingerprint density at radius 3 is 2.79 bits per heavy atom. The van der Waals surface area contributed by atoms with Crippen LogP contribution in [0.3, 0.4) is 0 Å². The molecule has 1 unspecified atom stereocenters. The molecule has 0 bridgehead atoms. The lowest BCUT2D eigenvalue weighted by atomic mass is 9.92. The Labute approximate surface area is 120 Å². The first-order valence-corrected chi connectivity index (χ1v) is 7.75. The van der Waals surface area contributed by atoms with Crippen LogP contribution in [0.5, 0.6) is 0 Å². The zero-order valence-electron chi connectivity index (χ0n) is 11.6. The maximum atomic E-state index is 13.3. The van der Waals surface area contributed by atoms with Gasteiger partial charge in [-0.3, -0.25) is 0 Å². The van der Waals surface area contributed by atoms with Crippen molar-refractivity contribution in [3.63, 3.8) is 0 Å². The molecule has 0 spiro atoms. The van der Waals surface area contributed by atoms with Crippen LogP contribution in [-0.4, -0.2) is 12.6 Å². The van der Waals surface area contributed by atoms with Crippen LogP contribution >= 0.6 is 11.6 Å². The lowest BCUT2D eigenvalue weighted by Crippen LogP contribution is -2.37. The number of halogens is 2. The first-order chi connectivity index (χ1) is 9.20. The molecule has 1 aromatic carbocycles. The van der Waals surface area contributed by atoms with Crippen LogP contribution in [-0.2, 0) is 6.42 Å². The Morgan fingerprint density at radius 1 is 1.37 bits per heavy atom. The van der Waals surface area contributed by atoms with Gasteiger partial charge in [0.2, 0.25) is 0 Å². The summed E-state index contributed by atoms with van der Waals surface area (Å²) >= 11 is 6.19. The zero-order valence-corrected chi connectivity index (χ0v) is 12.3. The average Bonchev–Trinajstić information content (AvgIpc) is 2.92. The van der Waals surface area contributed by atoms with E-state index in [1.807, 2.05) is 0 Å². The first kappa shape index (κ1) is 14.8. The van der Waals surface area contributed by atoms with Gasteiger partial charge in [-0.15, -0.1) is 0 Å². The zero-order chi connectivity index (χ0) is 13.7. The van der Waals surface area contributed by atoms with E-state index in [0.717, 1.165) is 24.9 Å². The van der Waals surface area contributed by atoms with E-state index in [4.69, 9.17) is 11.6 Å². The van der Waals surface area contributed by atoms with Crippen molar-refractivity contribution in [2.45, 2.75) is 51.5 Å².